The average Bonchev–Trinajstić information content (AvgIpc) is 2.55. The van der Waals surface area contributed by atoms with Crippen LogP contribution in [0, 0.1) is 0 Å². The van der Waals surface area contributed by atoms with E-state index < -0.39 is 0 Å². The van der Waals surface area contributed by atoms with Crippen molar-refractivity contribution < 1.29 is 4.79 Å². The number of rotatable bonds is 2. The van der Waals surface area contributed by atoms with Gasteiger partial charge in [0, 0.05) is 36.5 Å². The molecule has 0 saturated carbocycles. The summed E-state index contributed by atoms with van der Waals surface area (Å²) in [6, 6.07) is 0. The van der Waals surface area contributed by atoms with Crippen LogP contribution in [0.15, 0.2) is 0 Å². The molecule has 82 valence electrons. The lowest BCUT2D eigenvalue weighted by molar-refractivity contribution is 0.101. The summed E-state index contributed by atoms with van der Waals surface area (Å²) in [5.41, 5.74) is 4.56. The van der Waals surface area contributed by atoms with Gasteiger partial charge in [0.2, 0.25) is 0 Å². The fourth-order valence-corrected chi connectivity index (χ4v) is 2.38. The van der Waals surface area contributed by atoms with E-state index in [-0.39, 0.29) is 5.78 Å². The summed E-state index contributed by atoms with van der Waals surface area (Å²) in [4.78, 5) is 17.3. The molecule has 0 radical (unpaired) electrons. The van der Waals surface area contributed by atoms with Crippen LogP contribution in [-0.4, -0.2) is 29.3 Å². The van der Waals surface area contributed by atoms with Crippen molar-refractivity contribution >= 4 is 5.78 Å². The van der Waals surface area contributed by atoms with Crippen LogP contribution in [0.4, 0.5) is 0 Å². The number of nitrogens with one attached hydrogen (secondary N) is 1. The highest BCUT2D eigenvalue weighted by Crippen LogP contribution is 2.25. The lowest BCUT2D eigenvalue weighted by Gasteiger charge is -2.22. The smallest absolute Gasteiger partial charge is 0.161 e. The lowest BCUT2D eigenvalue weighted by Crippen LogP contribution is -2.26. The van der Waals surface area contributed by atoms with Crippen LogP contribution in [0.5, 0.6) is 0 Å². The number of carbonyl (C=O) groups excluding carboxylic acids is 1. The van der Waals surface area contributed by atoms with Crippen LogP contribution in [0.2, 0.25) is 0 Å². The Morgan fingerprint density at radius 2 is 2.27 bits per heavy atom. The molecule has 1 N–H and O–H groups in total. The third kappa shape index (κ3) is 1.72. The van der Waals surface area contributed by atoms with Gasteiger partial charge in [-0.3, -0.25) is 4.79 Å². The first kappa shape index (κ1) is 10.4. The van der Waals surface area contributed by atoms with Gasteiger partial charge in [-0.25, -0.2) is 0 Å². The van der Waals surface area contributed by atoms with Gasteiger partial charge in [0.15, 0.2) is 5.78 Å². The first-order valence-corrected chi connectivity index (χ1v) is 5.55. The highest BCUT2D eigenvalue weighted by molar-refractivity contribution is 5.97. The Kier molecular flexibility index (Phi) is 2.65. The number of carbonyl (C=O) groups is 1. The zero-order valence-electron chi connectivity index (χ0n) is 9.68. The Labute approximate surface area is 90.5 Å². The van der Waals surface area contributed by atoms with E-state index >= 15 is 0 Å². The van der Waals surface area contributed by atoms with Gasteiger partial charge < -0.3 is 9.88 Å². The second-order valence-electron chi connectivity index (χ2n) is 4.33. The maximum atomic E-state index is 11.6. The molecule has 0 unspecified atom stereocenters. The van der Waals surface area contributed by atoms with Crippen molar-refractivity contribution in [3.63, 3.8) is 0 Å². The van der Waals surface area contributed by atoms with E-state index in [1.807, 2.05) is 0 Å². The number of aromatic nitrogens is 1. The summed E-state index contributed by atoms with van der Waals surface area (Å²) >= 11 is 0. The third-order valence-electron chi connectivity index (χ3n) is 3.15. The molecular formula is C12H18N2O. The van der Waals surface area contributed by atoms with E-state index in [4.69, 9.17) is 0 Å². The molecular weight excluding hydrogens is 188 g/mol. The maximum absolute atomic E-state index is 11.6. The zero-order valence-corrected chi connectivity index (χ0v) is 9.68. The van der Waals surface area contributed by atoms with E-state index in [1.54, 1.807) is 6.92 Å². The molecule has 0 amide bonds. The monoisotopic (exact) mass is 206 g/mol. The first-order valence-electron chi connectivity index (χ1n) is 5.55. The van der Waals surface area contributed by atoms with Gasteiger partial charge in [0.05, 0.1) is 0 Å². The molecule has 0 bridgehead atoms. The molecule has 0 spiro atoms. The highest BCUT2D eigenvalue weighted by atomic mass is 16.1. The van der Waals surface area contributed by atoms with Gasteiger partial charge in [0.1, 0.15) is 0 Å². The van der Waals surface area contributed by atoms with Crippen LogP contribution in [-0.2, 0) is 19.4 Å². The van der Waals surface area contributed by atoms with Crippen LogP contribution in [0.3, 0.4) is 0 Å². The topological polar surface area (TPSA) is 36.1 Å². The van der Waals surface area contributed by atoms with Gasteiger partial charge in [-0.2, -0.15) is 0 Å². The maximum Gasteiger partial charge on any atom is 0.161 e. The molecule has 1 aromatic rings. The van der Waals surface area contributed by atoms with E-state index in [9.17, 15) is 4.79 Å². The molecule has 0 fully saturated rings. The molecule has 1 aliphatic heterocycles. The van der Waals surface area contributed by atoms with Gasteiger partial charge in [0.25, 0.3) is 0 Å². The van der Waals surface area contributed by atoms with Crippen molar-refractivity contribution in [1.29, 1.82) is 0 Å². The molecule has 1 aromatic heterocycles. The summed E-state index contributed by atoms with van der Waals surface area (Å²) in [5, 5.41) is 0. The Morgan fingerprint density at radius 3 is 2.87 bits per heavy atom. The molecule has 0 aromatic carbocycles. The van der Waals surface area contributed by atoms with Gasteiger partial charge in [-0.15, -0.1) is 0 Å². The summed E-state index contributed by atoms with van der Waals surface area (Å²) in [7, 11) is 2.10. The number of fused-ring (bicyclic) bond motifs is 1. The first-order chi connectivity index (χ1) is 7.13. The van der Waals surface area contributed by atoms with Crippen molar-refractivity contribution in [2.24, 2.45) is 0 Å². The van der Waals surface area contributed by atoms with Crippen molar-refractivity contribution in [3.8, 4) is 0 Å². The molecule has 2 heterocycles. The number of aryl methyl sites for hydroxylation is 1. The van der Waals surface area contributed by atoms with Gasteiger partial charge in [-0.05, 0) is 26.0 Å². The zero-order chi connectivity index (χ0) is 11.0. The Morgan fingerprint density at radius 1 is 1.53 bits per heavy atom. The molecule has 0 atom stereocenters. The molecule has 3 nitrogen and oxygen atoms in total. The van der Waals surface area contributed by atoms with Crippen molar-refractivity contribution in [2.75, 3.05) is 13.6 Å². The number of H-pyrrole nitrogens is 1. The van der Waals surface area contributed by atoms with Crippen LogP contribution in [0.1, 0.15) is 41.2 Å². The van der Waals surface area contributed by atoms with Gasteiger partial charge in [-0.1, -0.05) is 6.92 Å². The number of likely N-dealkylation sites (N-methyl/N-ethyl adjacent to an activating group) is 1. The minimum absolute atomic E-state index is 0.194. The molecule has 0 saturated heterocycles. The highest BCUT2D eigenvalue weighted by Gasteiger charge is 2.23. The molecule has 15 heavy (non-hydrogen) atoms. The quantitative estimate of drug-likeness (QED) is 0.749. The fourth-order valence-electron chi connectivity index (χ4n) is 2.38. The van der Waals surface area contributed by atoms with Crippen molar-refractivity contribution in [2.45, 2.75) is 33.2 Å². The van der Waals surface area contributed by atoms with E-state index in [0.717, 1.165) is 37.2 Å². The largest absolute Gasteiger partial charge is 0.361 e. The Balaban J connectivity index is 2.50. The SMILES string of the molecule is CCc1[nH]c2c(c1C(C)=O)CN(C)CC2. The minimum Gasteiger partial charge on any atom is -0.361 e. The fraction of sp³-hybridized carbons (Fsp3) is 0.583. The van der Waals surface area contributed by atoms with Crippen LogP contribution < -0.4 is 0 Å². The van der Waals surface area contributed by atoms with Crippen molar-refractivity contribution in [3.05, 3.63) is 22.5 Å². The lowest BCUT2D eigenvalue weighted by atomic mass is 10.00. The molecule has 1 aliphatic rings. The predicted octanol–water partition coefficient (Wildman–Crippen LogP) is 1.77. The van der Waals surface area contributed by atoms with Crippen LogP contribution >= 0.6 is 0 Å². The second kappa shape index (κ2) is 3.81. The number of hydrogen-bond donors (Lipinski definition) is 1. The third-order valence-corrected chi connectivity index (χ3v) is 3.15. The molecule has 3 heteroatoms. The molecule has 0 aliphatic carbocycles. The summed E-state index contributed by atoms with van der Waals surface area (Å²) in [5.74, 6) is 0.194. The summed E-state index contributed by atoms with van der Waals surface area (Å²) < 4.78 is 0. The average molecular weight is 206 g/mol. The summed E-state index contributed by atoms with van der Waals surface area (Å²) in [6.45, 7) is 5.74. The number of Topliss-reactive ketones (excluding diaryl/α,β-unsaturated/α-hetero) is 1. The van der Waals surface area contributed by atoms with E-state index in [2.05, 4.69) is 23.9 Å². The molecule has 2 rings (SSSR count). The number of nitrogens with zero attached hydrogens (tertiary/aromatic N) is 1. The van der Waals surface area contributed by atoms with E-state index in [0.29, 0.717) is 0 Å². The summed E-state index contributed by atoms with van der Waals surface area (Å²) in [6.07, 6.45) is 1.94. The predicted molar refractivity (Wildman–Crippen MR) is 60.2 cm³/mol. The van der Waals surface area contributed by atoms with E-state index in [1.165, 1.54) is 11.3 Å². The standard InChI is InChI=1S/C12H18N2O/c1-4-10-12(8(2)15)9-7-14(3)6-5-11(9)13-10/h13H,4-7H2,1-3H3. The van der Waals surface area contributed by atoms with Crippen molar-refractivity contribution in [1.82, 2.24) is 9.88 Å². The number of ketones is 1. The minimum atomic E-state index is 0.194. The number of hydrogen-bond acceptors (Lipinski definition) is 2. The number of aromatic amines is 1. The van der Waals surface area contributed by atoms with Gasteiger partial charge >= 0.3 is 0 Å². The van der Waals surface area contributed by atoms with Crippen LogP contribution in [0.25, 0.3) is 0 Å². The Bertz CT molecular complexity index is 393. The second-order valence-corrected chi connectivity index (χ2v) is 4.33. The normalized spacial score (nSPS) is 16.5. The Hall–Kier alpha value is -1.09.